The second-order valence-corrected chi connectivity index (χ2v) is 5.00. The van der Waals surface area contributed by atoms with Crippen LogP contribution in [0.2, 0.25) is 0 Å². The van der Waals surface area contributed by atoms with Crippen LogP contribution in [0.1, 0.15) is 25.4 Å². The van der Waals surface area contributed by atoms with Gasteiger partial charge in [-0.05, 0) is 31.2 Å². The number of imidazole rings is 1. The van der Waals surface area contributed by atoms with E-state index < -0.39 is 0 Å². The summed E-state index contributed by atoms with van der Waals surface area (Å²) in [6.07, 6.45) is 0.918. The molecule has 1 N–H and O–H groups in total. The van der Waals surface area contributed by atoms with Crippen molar-refractivity contribution >= 4 is 16.9 Å². The molecule has 0 fully saturated rings. The number of fused-ring (bicyclic) bond motifs is 1. The van der Waals surface area contributed by atoms with Crippen LogP contribution in [0.15, 0.2) is 42.5 Å². The van der Waals surface area contributed by atoms with E-state index in [-0.39, 0.29) is 0 Å². The average molecular weight is 280 g/mol. The minimum absolute atomic E-state index is 0.753. The fourth-order valence-corrected chi connectivity index (χ4v) is 2.58. The van der Waals surface area contributed by atoms with Gasteiger partial charge in [-0.3, -0.25) is 0 Å². The molecule has 0 saturated carbocycles. The van der Waals surface area contributed by atoms with Crippen LogP contribution in [0.25, 0.3) is 11.0 Å². The molecule has 0 aliphatic carbocycles. The van der Waals surface area contributed by atoms with Crippen LogP contribution in [0.4, 0.5) is 5.82 Å². The Labute approximate surface area is 124 Å². The van der Waals surface area contributed by atoms with E-state index in [0.717, 1.165) is 42.4 Å². The Morgan fingerprint density at radius 1 is 1.00 bits per heavy atom. The van der Waals surface area contributed by atoms with Crippen molar-refractivity contribution < 1.29 is 0 Å². The molecule has 108 valence electrons. The number of para-hydroxylation sites is 2. The Morgan fingerprint density at radius 2 is 1.86 bits per heavy atom. The van der Waals surface area contributed by atoms with Gasteiger partial charge in [-0.25, -0.2) is 9.97 Å². The van der Waals surface area contributed by atoms with Gasteiger partial charge in [-0.2, -0.15) is 0 Å². The lowest BCUT2D eigenvalue weighted by Crippen LogP contribution is -2.07. The highest BCUT2D eigenvalue weighted by atomic mass is 15.1. The number of nitrogens with one attached hydrogen (secondary N) is 1. The molecule has 2 heterocycles. The molecular formula is C17H20N4. The molecule has 0 atom stereocenters. The lowest BCUT2D eigenvalue weighted by molar-refractivity contribution is 0.737. The lowest BCUT2D eigenvalue weighted by Gasteiger charge is -2.09. The zero-order chi connectivity index (χ0) is 14.7. The number of hydrogen-bond acceptors (Lipinski definition) is 3. The predicted octanol–water partition coefficient (Wildman–Crippen LogP) is 3.47. The number of anilines is 1. The molecule has 21 heavy (non-hydrogen) atoms. The first-order valence-corrected chi connectivity index (χ1v) is 7.45. The Morgan fingerprint density at radius 3 is 2.67 bits per heavy atom. The van der Waals surface area contributed by atoms with Gasteiger partial charge in [0.15, 0.2) is 0 Å². The number of pyridine rings is 1. The number of benzene rings is 1. The number of aromatic nitrogens is 3. The van der Waals surface area contributed by atoms with Crippen molar-refractivity contribution in [1.29, 1.82) is 0 Å². The van der Waals surface area contributed by atoms with Crippen molar-refractivity contribution in [2.75, 3.05) is 11.9 Å². The zero-order valence-corrected chi connectivity index (χ0v) is 12.5. The maximum Gasteiger partial charge on any atom is 0.126 e. The third kappa shape index (κ3) is 2.75. The van der Waals surface area contributed by atoms with E-state index in [2.05, 4.69) is 53.0 Å². The standard InChI is InChI=1S/C17H20N4/c1-3-17-20-14-9-5-6-10-15(14)21(17)12-13-8-7-11-16(19-13)18-4-2/h5-11H,3-4,12H2,1-2H3,(H,18,19). The molecule has 4 nitrogen and oxygen atoms in total. The number of rotatable bonds is 5. The molecule has 0 aliphatic rings. The van der Waals surface area contributed by atoms with Crippen molar-refractivity contribution in [3.05, 3.63) is 54.0 Å². The molecule has 1 aromatic carbocycles. The van der Waals surface area contributed by atoms with E-state index in [1.807, 2.05) is 18.2 Å². The fourth-order valence-electron chi connectivity index (χ4n) is 2.58. The Bertz CT molecular complexity index is 745. The third-order valence-corrected chi connectivity index (χ3v) is 3.53. The predicted molar refractivity (Wildman–Crippen MR) is 86.6 cm³/mol. The molecule has 0 spiro atoms. The second-order valence-electron chi connectivity index (χ2n) is 5.00. The topological polar surface area (TPSA) is 42.7 Å². The van der Waals surface area contributed by atoms with Crippen LogP contribution in [0.5, 0.6) is 0 Å². The number of nitrogens with zero attached hydrogens (tertiary/aromatic N) is 3. The molecule has 4 heteroatoms. The van der Waals surface area contributed by atoms with Crippen molar-refractivity contribution in [1.82, 2.24) is 14.5 Å². The molecule has 0 amide bonds. The molecule has 0 aliphatic heterocycles. The molecule has 3 aromatic rings. The van der Waals surface area contributed by atoms with Gasteiger partial charge >= 0.3 is 0 Å². The second kappa shape index (κ2) is 5.95. The van der Waals surface area contributed by atoms with E-state index in [9.17, 15) is 0 Å². The quantitative estimate of drug-likeness (QED) is 0.778. The summed E-state index contributed by atoms with van der Waals surface area (Å²) in [7, 11) is 0. The Balaban J connectivity index is 1.99. The summed E-state index contributed by atoms with van der Waals surface area (Å²) in [5.74, 6) is 2.03. The monoisotopic (exact) mass is 280 g/mol. The van der Waals surface area contributed by atoms with Crippen LogP contribution in [0, 0.1) is 0 Å². The van der Waals surface area contributed by atoms with Crippen LogP contribution < -0.4 is 5.32 Å². The molecule has 0 bridgehead atoms. The first kappa shape index (κ1) is 13.6. The van der Waals surface area contributed by atoms with Crippen molar-refractivity contribution in [3.63, 3.8) is 0 Å². The number of hydrogen-bond donors (Lipinski definition) is 1. The van der Waals surface area contributed by atoms with Gasteiger partial charge in [0.1, 0.15) is 11.6 Å². The maximum absolute atomic E-state index is 4.71. The van der Waals surface area contributed by atoms with Crippen molar-refractivity contribution in [2.45, 2.75) is 26.8 Å². The van der Waals surface area contributed by atoms with E-state index >= 15 is 0 Å². The SMILES string of the molecule is CCNc1cccc(Cn2c(CC)nc3ccccc32)n1. The van der Waals surface area contributed by atoms with Gasteiger partial charge < -0.3 is 9.88 Å². The molecule has 2 aromatic heterocycles. The van der Waals surface area contributed by atoms with Gasteiger partial charge in [0, 0.05) is 13.0 Å². The van der Waals surface area contributed by atoms with Gasteiger partial charge in [0.25, 0.3) is 0 Å². The first-order chi connectivity index (χ1) is 10.3. The summed E-state index contributed by atoms with van der Waals surface area (Å²) in [6, 6.07) is 14.4. The van der Waals surface area contributed by atoms with E-state index in [1.165, 1.54) is 5.52 Å². The summed E-state index contributed by atoms with van der Waals surface area (Å²) in [6.45, 7) is 5.85. The normalized spacial score (nSPS) is 11.0. The third-order valence-electron chi connectivity index (χ3n) is 3.53. The van der Waals surface area contributed by atoms with Crippen molar-refractivity contribution in [2.24, 2.45) is 0 Å². The van der Waals surface area contributed by atoms with Gasteiger partial charge in [-0.1, -0.05) is 25.1 Å². The smallest absolute Gasteiger partial charge is 0.126 e. The first-order valence-electron chi connectivity index (χ1n) is 7.45. The van der Waals surface area contributed by atoms with Gasteiger partial charge in [0.2, 0.25) is 0 Å². The van der Waals surface area contributed by atoms with Gasteiger partial charge in [0.05, 0.1) is 23.3 Å². The molecule has 3 rings (SSSR count). The minimum atomic E-state index is 0.753. The lowest BCUT2D eigenvalue weighted by atomic mass is 10.3. The van der Waals surface area contributed by atoms with E-state index in [0.29, 0.717) is 0 Å². The summed E-state index contributed by atoms with van der Waals surface area (Å²) in [5.41, 5.74) is 3.27. The summed E-state index contributed by atoms with van der Waals surface area (Å²) in [5, 5.41) is 3.26. The van der Waals surface area contributed by atoms with Crippen molar-refractivity contribution in [3.8, 4) is 0 Å². The molecular weight excluding hydrogens is 260 g/mol. The Hall–Kier alpha value is -2.36. The summed E-state index contributed by atoms with van der Waals surface area (Å²) < 4.78 is 2.26. The molecule has 0 radical (unpaired) electrons. The van der Waals surface area contributed by atoms with E-state index in [4.69, 9.17) is 4.98 Å². The summed E-state index contributed by atoms with van der Waals surface area (Å²) in [4.78, 5) is 9.37. The largest absolute Gasteiger partial charge is 0.370 e. The number of aryl methyl sites for hydroxylation is 1. The van der Waals surface area contributed by atoms with Gasteiger partial charge in [-0.15, -0.1) is 0 Å². The fraction of sp³-hybridized carbons (Fsp3) is 0.294. The van der Waals surface area contributed by atoms with Crippen LogP contribution in [-0.2, 0) is 13.0 Å². The molecule has 0 saturated heterocycles. The van der Waals surface area contributed by atoms with Crippen LogP contribution in [-0.4, -0.2) is 21.1 Å². The minimum Gasteiger partial charge on any atom is -0.370 e. The summed E-state index contributed by atoms with van der Waals surface area (Å²) >= 11 is 0. The maximum atomic E-state index is 4.71. The average Bonchev–Trinajstić information content (AvgIpc) is 2.86. The Kier molecular flexibility index (Phi) is 3.86. The van der Waals surface area contributed by atoms with E-state index in [1.54, 1.807) is 0 Å². The molecule has 0 unspecified atom stereocenters. The van der Waals surface area contributed by atoms with Crippen LogP contribution >= 0.6 is 0 Å². The highest BCUT2D eigenvalue weighted by molar-refractivity contribution is 5.76. The zero-order valence-electron chi connectivity index (χ0n) is 12.5. The highest BCUT2D eigenvalue weighted by Crippen LogP contribution is 2.18. The highest BCUT2D eigenvalue weighted by Gasteiger charge is 2.09. The van der Waals surface area contributed by atoms with Crippen LogP contribution in [0.3, 0.4) is 0 Å².